The second-order valence-electron chi connectivity index (χ2n) is 2.13. The van der Waals surface area contributed by atoms with Gasteiger partial charge in [-0.1, -0.05) is 0 Å². The lowest BCUT2D eigenvalue weighted by molar-refractivity contribution is 0.443. The first-order chi connectivity index (χ1) is 5.04. The molecule has 0 aliphatic rings. The third-order valence-corrected chi connectivity index (χ3v) is 1.98. The van der Waals surface area contributed by atoms with Crippen LogP contribution in [-0.2, 0) is 0 Å². The lowest BCUT2D eigenvalue weighted by Crippen LogP contribution is -1.89. The summed E-state index contributed by atoms with van der Waals surface area (Å²) in [7, 11) is 0. The van der Waals surface area contributed by atoms with Crippen molar-refractivity contribution in [2.45, 2.75) is 6.92 Å². The Balaban J connectivity index is 3.46. The molecule has 0 radical (unpaired) electrons. The molecule has 0 aliphatic carbocycles. The van der Waals surface area contributed by atoms with Crippen LogP contribution in [0.3, 0.4) is 0 Å². The van der Waals surface area contributed by atoms with Gasteiger partial charge in [-0.2, -0.15) is 0 Å². The predicted molar refractivity (Wildman–Crippen MR) is 40.5 cm³/mol. The van der Waals surface area contributed by atoms with E-state index in [0.717, 1.165) is 6.07 Å². The maximum Gasteiger partial charge on any atom is 0.165 e. The van der Waals surface area contributed by atoms with E-state index in [1.54, 1.807) is 0 Å². The molecule has 1 aromatic rings. The summed E-state index contributed by atoms with van der Waals surface area (Å²) in [5.74, 6) is -2.23. The van der Waals surface area contributed by atoms with Crippen molar-refractivity contribution >= 4 is 15.9 Å². The molecule has 0 atom stereocenters. The maximum atomic E-state index is 12.6. The van der Waals surface area contributed by atoms with E-state index < -0.39 is 11.6 Å². The largest absolute Gasteiger partial charge is 0.506 e. The van der Waals surface area contributed by atoms with E-state index in [1.165, 1.54) is 6.92 Å². The van der Waals surface area contributed by atoms with Crippen molar-refractivity contribution in [2.75, 3.05) is 0 Å². The molecule has 0 amide bonds. The Hall–Kier alpha value is -0.640. The molecule has 0 fully saturated rings. The SMILES string of the molecule is Cc1c(O)c(Br)cc(F)c1F. The molecule has 0 unspecified atom stereocenters. The number of hydrogen-bond donors (Lipinski definition) is 1. The molecule has 0 aromatic heterocycles. The van der Waals surface area contributed by atoms with Crippen molar-refractivity contribution in [3.05, 3.63) is 27.7 Å². The van der Waals surface area contributed by atoms with Crippen LogP contribution in [0, 0.1) is 18.6 Å². The van der Waals surface area contributed by atoms with Gasteiger partial charge in [-0.3, -0.25) is 0 Å². The molecule has 0 saturated carbocycles. The van der Waals surface area contributed by atoms with Gasteiger partial charge in [-0.15, -0.1) is 0 Å². The highest BCUT2D eigenvalue weighted by Gasteiger charge is 2.12. The van der Waals surface area contributed by atoms with Gasteiger partial charge in [-0.25, -0.2) is 8.78 Å². The molecular formula is C7H5BrF2O. The first-order valence-corrected chi connectivity index (χ1v) is 3.66. The Morgan fingerprint density at radius 2 is 2.00 bits per heavy atom. The minimum absolute atomic E-state index is 0.0862. The zero-order chi connectivity index (χ0) is 8.59. The van der Waals surface area contributed by atoms with E-state index in [0.29, 0.717) is 0 Å². The molecular weight excluding hydrogens is 218 g/mol. The molecule has 0 aliphatic heterocycles. The van der Waals surface area contributed by atoms with Gasteiger partial charge in [0.15, 0.2) is 11.6 Å². The second kappa shape index (κ2) is 2.77. The summed E-state index contributed by atoms with van der Waals surface area (Å²) in [6.07, 6.45) is 0. The summed E-state index contributed by atoms with van der Waals surface area (Å²) in [5, 5.41) is 9.06. The minimum atomic E-state index is -1.01. The van der Waals surface area contributed by atoms with Crippen LogP contribution in [0.25, 0.3) is 0 Å². The molecule has 0 saturated heterocycles. The fourth-order valence-electron chi connectivity index (χ4n) is 0.705. The van der Waals surface area contributed by atoms with Crippen molar-refractivity contribution in [1.29, 1.82) is 0 Å². The Kier molecular flexibility index (Phi) is 2.13. The first-order valence-electron chi connectivity index (χ1n) is 2.87. The number of hydrogen-bond acceptors (Lipinski definition) is 1. The lowest BCUT2D eigenvalue weighted by atomic mass is 10.2. The monoisotopic (exact) mass is 222 g/mol. The molecule has 11 heavy (non-hydrogen) atoms. The van der Waals surface area contributed by atoms with E-state index in [4.69, 9.17) is 5.11 Å². The number of phenols is 1. The third-order valence-electron chi connectivity index (χ3n) is 1.37. The van der Waals surface area contributed by atoms with Crippen molar-refractivity contribution in [3.63, 3.8) is 0 Å². The van der Waals surface area contributed by atoms with Crippen LogP contribution in [0.4, 0.5) is 8.78 Å². The van der Waals surface area contributed by atoms with Crippen LogP contribution >= 0.6 is 15.9 Å². The predicted octanol–water partition coefficient (Wildman–Crippen LogP) is 2.74. The fraction of sp³-hybridized carbons (Fsp3) is 0.143. The Bertz CT molecular complexity index is 273. The van der Waals surface area contributed by atoms with E-state index in [1.807, 2.05) is 0 Å². The summed E-state index contributed by atoms with van der Waals surface area (Å²) in [4.78, 5) is 0. The van der Waals surface area contributed by atoms with Gasteiger partial charge in [0, 0.05) is 5.56 Å². The number of benzene rings is 1. The molecule has 4 heteroatoms. The van der Waals surface area contributed by atoms with Crippen LogP contribution < -0.4 is 0 Å². The number of aromatic hydroxyl groups is 1. The van der Waals surface area contributed by atoms with Crippen molar-refractivity contribution < 1.29 is 13.9 Å². The quantitative estimate of drug-likeness (QED) is 0.670. The molecule has 0 heterocycles. The van der Waals surface area contributed by atoms with Crippen LogP contribution in [0.1, 0.15) is 5.56 Å². The second-order valence-corrected chi connectivity index (χ2v) is 2.98. The van der Waals surface area contributed by atoms with Crippen LogP contribution in [-0.4, -0.2) is 5.11 Å². The molecule has 1 N–H and O–H groups in total. The average molecular weight is 223 g/mol. The topological polar surface area (TPSA) is 20.2 Å². The van der Waals surface area contributed by atoms with Crippen molar-refractivity contribution in [1.82, 2.24) is 0 Å². The maximum absolute atomic E-state index is 12.6. The molecule has 60 valence electrons. The highest BCUT2D eigenvalue weighted by Crippen LogP contribution is 2.30. The number of rotatable bonds is 0. The molecule has 1 rings (SSSR count). The van der Waals surface area contributed by atoms with Crippen molar-refractivity contribution in [2.24, 2.45) is 0 Å². The fourth-order valence-corrected chi connectivity index (χ4v) is 1.20. The average Bonchev–Trinajstić information content (AvgIpc) is 1.97. The highest BCUT2D eigenvalue weighted by molar-refractivity contribution is 9.10. The van der Waals surface area contributed by atoms with E-state index in [-0.39, 0.29) is 15.8 Å². The van der Waals surface area contributed by atoms with E-state index in [9.17, 15) is 8.78 Å². The summed E-state index contributed by atoms with van der Waals surface area (Å²) < 4.78 is 25.3. The zero-order valence-corrected chi connectivity index (χ0v) is 7.24. The summed E-state index contributed by atoms with van der Waals surface area (Å²) in [6.45, 7) is 1.30. The van der Waals surface area contributed by atoms with Crippen molar-refractivity contribution in [3.8, 4) is 5.75 Å². The van der Waals surface area contributed by atoms with Crippen LogP contribution in [0.2, 0.25) is 0 Å². The van der Waals surface area contributed by atoms with E-state index >= 15 is 0 Å². The van der Waals surface area contributed by atoms with Gasteiger partial charge in [0.05, 0.1) is 4.47 Å². The lowest BCUT2D eigenvalue weighted by Gasteiger charge is -2.02. The molecule has 1 nitrogen and oxygen atoms in total. The normalized spacial score (nSPS) is 10.2. The van der Waals surface area contributed by atoms with Gasteiger partial charge in [0.25, 0.3) is 0 Å². The van der Waals surface area contributed by atoms with Gasteiger partial charge < -0.3 is 5.11 Å². The number of halogens is 3. The standard InChI is InChI=1S/C7H5BrF2O/c1-3-6(10)5(9)2-4(8)7(3)11/h2,11H,1H3. The highest BCUT2D eigenvalue weighted by atomic mass is 79.9. The smallest absolute Gasteiger partial charge is 0.165 e. The summed E-state index contributed by atoms with van der Waals surface area (Å²) >= 11 is 2.87. The van der Waals surface area contributed by atoms with Gasteiger partial charge in [0.1, 0.15) is 5.75 Å². The van der Waals surface area contributed by atoms with Crippen LogP contribution in [0.15, 0.2) is 10.5 Å². The molecule has 1 aromatic carbocycles. The third kappa shape index (κ3) is 1.35. The first kappa shape index (κ1) is 8.46. The Morgan fingerprint density at radius 3 is 2.55 bits per heavy atom. The van der Waals surface area contributed by atoms with Gasteiger partial charge >= 0.3 is 0 Å². The van der Waals surface area contributed by atoms with Crippen LogP contribution in [0.5, 0.6) is 5.75 Å². The number of phenolic OH excluding ortho intramolecular Hbond substituents is 1. The summed E-state index contributed by atoms with van der Waals surface area (Å²) in [5.41, 5.74) is -0.0862. The molecule has 0 spiro atoms. The summed E-state index contributed by atoms with van der Waals surface area (Å²) in [6, 6.07) is 0.887. The zero-order valence-electron chi connectivity index (χ0n) is 5.66. The van der Waals surface area contributed by atoms with Gasteiger partial charge in [-0.05, 0) is 28.9 Å². The Morgan fingerprint density at radius 1 is 1.45 bits per heavy atom. The van der Waals surface area contributed by atoms with Gasteiger partial charge in [0.2, 0.25) is 0 Å². The Labute approximate surface area is 70.8 Å². The minimum Gasteiger partial charge on any atom is -0.506 e. The van der Waals surface area contributed by atoms with E-state index in [2.05, 4.69) is 15.9 Å². The molecule has 0 bridgehead atoms.